The van der Waals surface area contributed by atoms with Crippen molar-refractivity contribution in [1.29, 1.82) is 0 Å². The van der Waals surface area contributed by atoms with Gasteiger partial charge in [-0.2, -0.15) is 0 Å². The third-order valence-corrected chi connectivity index (χ3v) is 3.12. The van der Waals surface area contributed by atoms with E-state index in [0.29, 0.717) is 6.42 Å². The summed E-state index contributed by atoms with van der Waals surface area (Å²) in [5.74, 6) is 0. The molecule has 0 aromatic heterocycles. The fourth-order valence-corrected chi connectivity index (χ4v) is 2.10. The molecule has 0 bridgehead atoms. The number of nitrogens with two attached hydrogens (primary N) is 1. The van der Waals surface area contributed by atoms with Crippen LogP contribution in [0, 0.1) is 0 Å². The minimum Gasteiger partial charge on any atom is -0.380 e. The summed E-state index contributed by atoms with van der Waals surface area (Å²) >= 11 is 0. The molecule has 1 aliphatic rings. The zero-order valence-corrected chi connectivity index (χ0v) is 9.15. The van der Waals surface area contributed by atoms with Crippen molar-refractivity contribution in [2.75, 3.05) is 13.7 Å². The first kappa shape index (κ1) is 12.2. The molecule has 0 aromatic carbocycles. The van der Waals surface area contributed by atoms with Crippen LogP contribution in [0.5, 0.6) is 0 Å². The zero-order chi connectivity index (χ0) is 10.8. The molecule has 1 fully saturated rings. The second-order valence-electron chi connectivity index (χ2n) is 3.25. The maximum atomic E-state index is 11.1. The Bertz CT molecular complexity index is 240. The predicted molar refractivity (Wildman–Crippen MR) is 52.6 cm³/mol. The van der Waals surface area contributed by atoms with Crippen molar-refractivity contribution >= 4 is 15.7 Å². The molecule has 1 rings (SSSR count). The van der Waals surface area contributed by atoms with E-state index in [0.717, 1.165) is 7.11 Å². The molecular weight excluding hydrogens is 208 g/mol. The number of phosphoric acid groups is 1. The minimum atomic E-state index is -3.94. The van der Waals surface area contributed by atoms with Crippen molar-refractivity contribution in [2.24, 2.45) is 5.73 Å². The van der Waals surface area contributed by atoms with Crippen LogP contribution in [0.25, 0.3) is 0 Å². The number of hydrogen-bond donors (Lipinski definition) is 2. The van der Waals surface area contributed by atoms with Gasteiger partial charge in [-0.05, 0) is 6.42 Å². The topological polar surface area (TPSA) is 91.0 Å². The van der Waals surface area contributed by atoms with E-state index >= 15 is 0 Å². The summed E-state index contributed by atoms with van der Waals surface area (Å²) in [5, 5.41) is 0. The van der Waals surface area contributed by atoms with E-state index in [1.54, 1.807) is 0 Å². The smallest absolute Gasteiger partial charge is 0.380 e. The first-order chi connectivity index (χ1) is 6.48. The van der Waals surface area contributed by atoms with E-state index in [1.807, 2.05) is 7.85 Å². The van der Waals surface area contributed by atoms with Crippen LogP contribution in [0.1, 0.15) is 6.42 Å². The lowest BCUT2D eigenvalue weighted by atomic mass is 9.96. The lowest BCUT2D eigenvalue weighted by molar-refractivity contribution is 0.0328. The van der Waals surface area contributed by atoms with Crippen LogP contribution < -0.4 is 5.73 Å². The molecule has 0 spiro atoms. The van der Waals surface area contributed by atoms with Gasteiger partial charge in [0.05, 0.1) is 12.2 Å². The minimum absolute atomic E-state index is 0.00888. The van der Waals surface area contributed by atoms with Gasteiger partial charge in [0.1, 0.15) is 7.85 Å². The Hall–Kier alpha value is 0.0949. The molecule has 82 valence electrons. The first-order valence-electron chi connectivity index (χ1n) is 4.41. The summed E-state index contributed by atoms with van der Waals surface area (Å²) in [5.41, 5.74) is 5.43. The Balaban J connectivity index is 2.55. The molecule has 1 unspecified atom stereocenters. The van der Waals surface area contributed by atoms with Crippen LogP contribution in [-0.2, 0) is 18.3 Å². The average molecular weight is 223 g/mol. The van der Waals surface area contributed by atoms with Crippen LogP contribution in [0.4, 0.5) is 0 Å². The van der Waals surface area contributed by atoms with Crippen molar-refractivity contribution in [3.63, 3.8) is 0 Å². The number of ether oxygens (including phenoxy) is 1. The first-order valence-corrected chi connectivity index (χ1v) is 5.90. The summed E-state index contributed by atoms with van der Waals surface area (Å²) in [7, 11) is -0.951. The second kappa shape index (κ2) is 4.74. The van der Waals surface area contributed by atoms with E-state index in [9.17, 15) is 4.57 Å². The Morgan fingerprint density at radius 3 is 2.93 bits per heavy atom. The normalized spacial score (nSPS) is 36.9. The van der Waals surface area contributed by atoms with Crippen molar-refractivity contribution in [3.8, 4) is 0 Å². The molecule has 0 aromatic rings. The van der Waals surface area contributed by atoms with E-state index < -0.39 is 13.9 Å². The summed E-state index contributed by atoms with van der Waals surface area (Å²) in [6.07, 6.45) is -0.248. The average Bonchev–Trinajstić information content (AvgIpc) is 2.45. The summed E-state index contributed by atoms with van der Waals surface area (Å²) in [6, 6.07) is -0.00888. The van der Waals surface area contributed by atoms with E-state index in [4.69, 9.17) is 19.9 Å². The highest BCUT2D eigenvalue weighted by atomic mass is 31.2. The van der Waals surface area contributed by atoms with Gasteiger partial charge < -0.3 is 15.4 Å². The van der Waals surface area contributed by atoms with Crippen molar-refractivity contribution in [2.45, 2.75) is 24.6 Å². The van der Waals surface area contributed by atoms with Gasteiger partial charge in [0.2, 0.25) is 0 Å². The fraction of sp³-hybridized carbons (Fsp3) is 1.00. The Labute approximate surface area is 83.7 Å². The summed E-state index contributed by atoms with van der Waals surface area (Å²) < 4.78 is 25.7. The summed E-state index contributed by atoms with van der Waals surface area (Å²) in [4.78, 5) is 9.10. The zero-order valence-electron chi connectivity index (χ0n) is 8.25. The van der Waals surface area contributed by atoms with Crippen LogP contribution in [0.15, 0.2) is 0 Å². The molecule has 1 saturated heterocycles. The van der Waals surface area contributed by atoms with Crippen molar-refractivity contribution < 1.29 is 23.2 Å². The van der Waals surface area contributed by atoms with Crippen LogP contribution in [0.2, 0.25) is 0 Å². The van der Waals surface area contributed by atoms with Gasteiger partial charge in [-0.1, -0.05) is 0 Å². The maximum absolute atomic E-state index is 11.1. The maximum Gasteiger partial charge on any atom is 0.472 e. The molecule has 0 aliphatic carbocycles. The fourth-order valence-electron chi connectivity index (χ4n) is 1.45. The van der Waals surface area contributed by atoms with E-state index in [2.05, 4.69) is 4.52 Å². The van der Waals surface area contributed by atoms with Crippen molar-refractivity contribution in [1.82, 2.24) is 0 Å². The quantitative estimate of drug-likeness (QED) is 0.460. The van der Waals surface area contributed by atoms with Crippen molar-refractivity contribution in [3.05, 3.63) is 0 Å². The highest BCUT2D eigenvalue weighted by molar-refractivity contribution is 7.47. The number of hydrogen-bond acceptors (Lipinski definition) is 5. The Morgan fingerprint density at radius 2 is 2.43 bits per heavy atom. The van der Waals surface area contributed by atoms with Gasteiger partial charge in [0, 0.05) is 19.7 Å². The number of phosphoric ester groups is 1. The molecule has 6 nitrogen and oxygen atoms in total. The molecular formula is C6H15BNO5P. The molecule has 0 amide bonds. The summed E-state index contributed by atoms with van der Waals surface area (Å²) in [6.45, 7) is 0.263. The molecule has 0 radical (unpaired) electrons. The van der Waals surface area contributed by atoms with Gasteiger partial charge in [-0.3, -0.25) is 9.05 Å². The third-order valence-electron chi connectivity index (χ3n) is 2.12. The van der Waals surface area contributed by atoms with Gasteiger partial charge >= 0.3 is 7.82 Å². The molecule has 1 heterocycles. The molecule has 8 heteroatoms. The standard InChI is InChI=1S/C6H15BNO5P/c1-11-14(9,10)13-4-2-6(7)12-5(4)3-8/h4-6H,2-3,7-8H2,1H3,(H,9,10)/t4-,5-,6-/m1/s1. The van der Waals surface area contributed by atoms with Gasteiger partial charge in [-0.15, -0.1) is 0 Å². The van der Waals surface area contributed by atoms with E-state index in [-0.39, 0.29) is 18.7 Å². The lowest BCUT2D eigenvalue weighted by Gasteiger charge is -2.19. The molecule has 3 N–H and O–H groups in total. The number of rotatable bonds is 4. The largest absolute Gasteiger partial charge is 0.472 e. The Kier molecular flexibility index (Phi) is 4.12. The third kappa shape index (κ3) is 3.05. The highest BCUT2D eigenvalue weighted by Gasteiger charge is 2.37. The van der Waals surface area contributed by atoms with Crippen LogP contribution in [-0.4, -0.2) is 44.6 Å². The van der Waals surface area contributed by atoms with Gasteiger partial charge in [-0.25, -0.2) is 4.57 Å². The van der Waals surface area contributed by atoms with Crippen LogP contribution in [0.3, 0.4) is 0 Å². The van der Waals surface area contributed by atoms with Gasteiger partial charge in [0.25, 0.3) is 0 Å². The lowest BCUT2D eigenvalue weighted by Crippen LogP contribution is -2.31. The highest BCUT2D eigenvalue weighted by Crippen LogP contribution is 2.45. The molecule has 0 saturated carbocycles. The van der Waals surface area contributed by atoms with Crippen LogP contribution >= 0.6 is 7.82 Å². The Morgan fingerprint density at radius 1 is 1.79 bits per heavy atom. The van der Waals surface area contributed by atoms with E-state index in [1.165, 1.54) is 0 Å². The predicted octanol–water partition coefficient (Wildman–Crippen LogP) is -1.17. The second-order valence-corrected chi connectivity index (χ2v) is 4.76. The molecule has 14 heavy (non-hydrogen) atoms. The molecule has 4 atom stereocenters. The van der Waals surface area contributed by atoms with Gasteiger partial charge in [0.15, 0.2) is 0 Å². The monoisotopic (exact) mass is 223 g/mol. The SMILES string of the molecule is B[C@H]1C[C@@H](OP(=O)(O)OC)[C@@H](CN)O1. The molecule has 1 aliphatic heterocycles.